The minimum atomic E-state index is 0.500. The molecule has 2 aromatic carbocycles. The van der Waals surface area contributed by atoms with E-state index in [-0.39, 0.29) is 0 Å². The molecular weight excluding hydrogens is 302 g/mol. The Labute approximate surface area is 143 Å². The minimum Gasteiger partial charge on any atom is -0.359 e. The third-order valence-corrected chi connectivity index (χ3v) is 4.64. The zero-order valence-electron chi connectivity index (χ0n) is 13.5. The molecular formula is C19H23N3S. The van der Waals surface area contributed by atoms with Gasteiger partial charge in [-0.15, -0.1) is 0 Å². The van der Waals surface area contributed by atoms with Gasteiger partial charge in [0.25, 0.3) is 0 Å². The van der Waals surface area contributed by atoms with Gasteiger partial charge in [-0.25, -0.2) is 0 Å². The summed E-state index contributed by atoms with van der Waals surface area (Å²) in [4.78, 5) is 0. The Morgan fingerprint density at radius 3 is 2.57 bits per heavy atom. The van der Waals surface area contributed by atoms with Crippen molar-refractivity contribution in [3.8, 4) is 0 Å². The Morgan fingerprint density at radius 1 is 1.04 bits per heavy atom. The summed E-state index contributed by atoms with van der Waals surface area (Å²) in [7, 11) is 0. The van der Waals surface area contributed by atoms with Gasteiger partial charge in [0.1, 0.15) is 0 Å². The van der Waals surface area contributed by atoms with Crippen molar-refractivity contribution < 1.29 is 0 Å². The summed E-state index contributed by atoms with van der Waals surface area (Å²) < 4.78 is 0. The van der Waals surface area contributed by atoms with Crippen LogP contribution in [0.15, 0.2) is 47.6 Å². The highest BCUT2D eigenvalue weighted by Gasteiger charge is 2.13. The molecule has 1 aliphatic carbocycles. The maximum atomic E-state index is 5.35. The van der Waals surface area contributed by atoms with Crippen molar-refractivity contribution in [1.82, 2.24) is 10.7 Å². The van der Waals surface area contributed by atoms with E-state index in [1.165, 1.54) is 42.9 Å². The first-order valence-corrected chi connectivity index (χ1v) is 8.73. The van der Waals surface area contributed by atoms with E-state index in [1.54, 1.807) is 0 Å². The fraction of sp³-hybridized carbons (Fsp3) is 0.368. The van der Waals surface area contributed by atoms with E-state index >= 15 is 0 Å². The SMILES string of the molecule is CC(=NNC(=S)NC1CCCCC1)c1ccc2ccccc2c1. The van der Waals surface area contributed by atoms with Gasteiger partial charge in [0.2, 0.25) is 0 Å². The van der Waals surface area contributed by atoms with Crippen molar-refractivity contribution in [2.75, 3.05) is 0 Å². The van der Waals surface area contributed by atoms with Gasteiger partial charge < -0.3 is 5.32 Å². The lowest BCUT2D eigenvalue weighted by atomic mass is 9.96. The molecule has 0 radical (unpaired) electrons. The first-order valence-electron chi connectivity index (χ1n) is 8.32. The highest BCUT2D eigenvalue weighted by Crippen LogP contribution is 2.17. The minimum absolute atomic E-state index is 0.500. The summed E-state index contributed by atoms with van der Waals surface area (Å²) in [5.41, 5.74) is 5.03. The van der Waals surface area contributed by atoms with Crippen LogP contribution in [0.2, 0.25) is 0 Å². The number of hydrazone groups is 1. The zero-order valence-corrected chi connectivity index (χ0v) is 14.3. The van der Waals surface area contributed by atoms with Gasteiger partial charge in [-0.05, 0) is 54.4 Å². The van der Waals surface area contributed by atoms with E-state index in [0.29, 0.717) is 11.2 Å². The number of hydrogen-bond donors (Lipinski definition) is 2. The van der Waals surface area contributed by atoms with E-state index < -0.39 is 0 Å². The van der Waals surface area contributed by atoms with E-state index in [2.05, 4.69) is 58.3 Å². The Morgan fingerprint density at radius 2 is 1.78 bits per heavy atom. The third-order valence-electron chi connectivity index (χ3n) is 4.43. The average Bonchev–Trinajstić information content (AvgIpc) is 2.60. The van der Waals surface area contributed by atoms with Crippen LogP contribution in [0.1, 0.15) is 44.6 Å². The van der Waals surface area contributed by atoms with Crippen LogP contribution >= 0.6 is 12.2 Å². The summed E-state index contributed by atoms with van der Waals surface area (Å²) in [6.45, 7) is 2.00. The van der Waals surface area contributed by atoms with Crippen LogP contribution in [0.3, 0.4) is 0 Å². The molecule has 0 unspecified atom stereocenters. The lowest BCUT2D eigenvalue weighted by Gasteiger charge is -2.23. The highest BCUT2D eigenvalue weighted by molar-refractivity contribution is 7.80. The molecule has 0 amide bonds. The number of rotatable bonds is 3. The van der Waals surface area contributed by atoms with E-state index in [0.717, 1.165) is 11.3 Å². The molecule has 0 atom stereocenters. The monoisotopic (exact) mass is 325 g/mol. The topological polar surface area (TPSA) is 36.4 Å². The van der Waals surface area contributed by atoms with Gasteiger partial charge in [-0.1, -0.05) is 55.7 Å². The maximum Gasteiger partial charge on any atom is 0.187 e. The molecule has 23 heavy (non-hydrogen) atoms. The van der Waals surface area contributed by atoms with Gasteiger partial charge in [0.15, 0.2) is 5.11 Å². The summed E-state index contributed by atoms with van der Waals surface area (Å²) in [5.74, 6) is 0. The van der Waals surface area contributed by atoms with Crippen molar-refractivity contribution in [2.45, 2.75) is 45.1 Å². The molecule has 3 rings (SSSR count). The van der Waals surface area contributed by atoms with Gasteiger partial charge in [0, 0.05) is 6.04 Å². The molecule has 0 spiro atoms. The van der Waals surface area contributed by atoms with Crippen LogP contribution in [-0.2, 0) is 0 Å². The zero-order chi connectivity index (χ0) is 16.1. The molecule has 0 saturated heterocycles. The fourth-order valence-electron chi connectivity index (χ4n) is 3.08. The number of fused-ring (bicyclic) bond motifs is 1. The number of benzene rings is 2. The van der Waals surface area contributed by atoms with Crippen molar-refractivity contribution >= 4 is 33.8 Å². The summed E-state index contributed by atoms with van der Waals surface area (Å²) in [5, 5.41) is 10.9. The van der Waals surface area contributed by atoms with Crippen LogP contribution in [0.4, 0.5) is 0 Å². The van der Waals surface area contributed by atoms with Gasteiger partial charge in [-0.2, -0.15) is 5.10 Å². The smallest absolute Gasteiger partial charge is 0.187 e. The quantitative estimate of drug-likeness (QED) is 0.500. The molecule has 2 N–H and O–H groups in total. The van der Waals surface area contributed by atoms with E-state index in [1.807, 2.05) is 6.92 Å². The van der Waals surface area contributed by atoms with Crippen LogP contribution < -0.4 is 10.7 Å². The van der Waals surface area contributed by atoms with Crippen molar-refractivity contribution in [2.24, 2.45) is 5.10 Å². The number of nitrogens with zero attached hydrogens (tertiary/aromatic N) is 1. The summed E-state index contributed by atoms with van der Waals surface area (Å²) in [6, 6.07) is 15.2. The Hall–Kier alpha value is -1.94. The van der Waals surface area contributed by atoms with Crippen LogP contribution in [0, 0.1) is 0 Å². The van der Waals surface area contributed by atoms with Crippen molar-refractivity contribution in [1.29, 1.82) is 0 Å². The van der Waals surface area contributed by atoms with Crippen LogP contribution in [0.25, 0.3) is 10.8 Å². The molecule has 1 fully saturated rings. The lowest BCUT2D eigenvalue weighted by molar-refractivity contribution is 0.412. The number of nitrogens with one attached hydrogen (secondary N) is 2. The fourth-order valence-corrected chi connectivity index (χ4v) is 3.29. The van der Waals surface area contributed by atoms with E-state index in [4.69, 9.17) is 12.2 Å². The molecule has 120 valence electrons. The lowest BCUT2D eigenvalue weighted by Crippen LogP contribution is -2.41. The summed E-state index contributed by atoms with van der Waals surface area (Å²) >= 11 is 5.35. The predicted molar refractivity (Wildman–Crippen MR) is 102 cm³/mol. The molecule has 1 saturated carbocycles. The third kappa shape index (κ3) is 4.29. The Kier molecular flexibility index (Phi) is 5.23. The summed E-state index contributed by atoms with van der Waals surface area (Å²) in [6.07, 6.45) is 6.33. The Bertz CT molecular complexity index is 717. The average molecular weight is 325 g/mol. The van der Waals surface area contributed by atoms with Gasteiger partial charge >= 0.3 is 0 Å². The standard InChI is InChI=1S/C19H23N3S/c1-14(16-12-11-15-7-5-6-8-17(15)13-16)21-22-19(23)20-18-9-3-2-4-10-18/h5-8,11-13,18H,2-4,9-10H2,1H3,(H2,20,22,23). The highest BCUT2D eigenvalue weighted by atomic mass is 32.1. The van der Waals surface area contributed by atoms with Crippen LogP contribution in [0.5, 0.6) is 0 Å². The Balaban J connectivity index is 1.62. The number of thiocarbonyl (C=S) groups is 1. The largest absolute Gasteiger partial charge is 0.359 e. The normalized spacial score (nSPS) is 16.3. The van der Waals surface area contributed by atoms with Gasteiger partial charge in [-0.3, -0.25) is 5.43 Å². The maximum absolute atomic E-state index is 5.35. The first-order chi connectivity index (χ1) is 11.2. The molecule has 0 aromatic heterocycles. The molecule has 0 aliphatic heterocycles. The van der Waals surface area contributed by atoms with Gasteiger partial charge in [0.05, 0.1) is 5.71 Å². The molecule has 4 heteroatoms. The predicted octanol–water partition coefficient (Wildman–Crippen LogP) is 4.36. The number of hydrogen-bond acceptors (Lipinski definition) is 2. The van der Waals surface area contributed by atoms with Crippen LogP contribution in [-0.4, -0.2) is 16.9 Å². The second kappa shape index (κ2) is 7.55. The molecule has 1 aliphatic rings. The molecule has 0 heterocycles. The van der Waals surface area contributed by atoms with E-state index in [9.17, 15) is 0 Å². The second-order valence-electron chi connectivity index (χ2n) is 6.18. The molecule has 3 nitrogen and oxygen atoms in total. The van der Waals surface area contributed by atoms with Crippen molar-refractivity contribution in [3.63, 3.8) is 0 Å². The first kappa shape index (κ1) is 15.9. The van der Waals surface area contributed by atoms with Crippen molar-refractivity contribution in [3.05, 3.63) is 48.0 Å². The second-order valence-corrected chi connectivity index (χ2v) is 6.59. The molecule has 2 aromatic rings. The molecule has 0 bridgehead atoms.